The molecular weight excluding hydrogens is 314 g/mol. The Labute approximate surface area is 145 Å². The van der Waals surface area contributed by atoms with Crippen LogP contribution in [0.3, 0.4) is 0 Å². The van der Waals surface area contributed by atoms with Gasteiger partial charge in [0.15, 0.2) is 0 Å². The van der Waals surface area contributed by atoms with Crippen molar-refractivity contribution in [2.75, 3.05) is 12.4 Å². The average molecular weight is 331 g/mol. The molecule has 2 aromatic carbocycles. The van der Waals surface area contributed by atoms with Gasteiger partial charge in [0.05, 0.1) is 19.0 Å². The SMILES string of the molecule is COc1ccc2c(Nc3ccc(Cn4ccnc4)cc3)ncnc2c1. The number of hydrogen-bond donors (Lipinski definition) is 1. The molecule has 124 valence electrons. The van der Waals surface area contributed by atoms with Gasteiger partial charge in [0.2, 0.25) is 0 Å². The molecule has 0 saturated carbocycles. The molecule has 0 fully saturated rings. The molecule has 0 radical (unpaired) electrons. The number of aromatic nitrogens is 4. The van der Waals surface area contributed by atoms with Crippen LogP contribution in [0.5, 0.6) is 5.75 Å². The lowest BCUT2D eigenvalue weighted by Crippen LogP contribution is -1.98. The zero-order valence-corrected chi connectivity index (χ0v) is 13.8. The average Bonchev–Trinajstić information content (AvgIpc) is 3.16. The van der Waals surface area contributed by atoms with E-state index >= 15 is 0 Å². The summed E-state index contributed by atoms with van der Waals surface area (Å²) in [6.07, 6.45) is 7.10. The van der Waals surface area contributed by atoms with Crippen LogP contribution >= 0.6 is 0 Å². The molecule has 25 heavy (non-hydrogen) atoms. The Hall–Kier alpha value is -3.41. The number of nitrogens with one attached hydrogen (secondary N) is 1. The molecule has 4 rings (SSSR count). The van der Waals surface area contributed by atoms with Gasteiger partial charge in [-0.25, -0.2) is 15.0 Å². The molecular formula is C19H17N5O. The molecule has 0 spiro atoms. The molecule has 6 heteroatoms. The molecule has 0 aliphatic rings. The highest BCUT2D eigenvalue weighted by Crippen LogP contribution is 2.26. The monoisotopic (exact) mass is 331 g/mol. The van der Waals surface area contributed by atoms with Gasteiger partial charge in [-0.3, -0.25) is 0 Å². The number of hydrogen-bond acceptors (Lipinski definition) is 5. The van der Waals surface area contributed by atoms with E-state index in [-0.39, 0.29) is 0 Å². The van der Waals surface area contributed by atoms with Crippen molar-refractivity contribution in [3.63, 3.8) is 0 Å². The molecule has 0 aliphatic heterocycles. The van der Waals surface area contributed by atoms with E-state index in [1.54, 1.807) is 19.6 Å². The minimum atomic E-state index is 0.773. The van der Waals surface area contributed by atoms with Crippen LogP contribution in [0.1, 0.15) is 5.56 Å². The van der Waals surface area contributed by atoms with Gasteiger partial charge in [0.1, 0.15) is 17.9 Å². The van der Waals surface area contributed by atoms with E-state index in [1.165, 1.54) is 5.56 Å². The van der Waals surface area contributed by atoms with Crippen molar-refractivity contribution >= 4 is 22.4 Å². The molecule has 6 nitrogen and oxygen atoms in total. The molecule has 0 bridgehead atoms. The van der Waals surface area contributed by atoms with Crippen LogP contribution in [0.2, 0.25) is 0 Å². The number of ether oxygens (including phenoxy) is 1. The molecule has 2 heterocycles. The zero-order chi connectivity index (χ0) is 17.1. The summed E-state index contributed by atoms with van der Waals surface area (Å²) in [5.74, 6) is 1.55. The molecule has 0 atom stereocenters. The van der Waals surface area contributed by atoms with Crippen LogP contribution in [0.4, 0.5) is 11.5 Å². The summed E-state index contributed by atoms with van der Waals surface area (Å²) in [7, 11) is 1.65. The Kier molecular flexibility index (Phi) is 4.00. The van der Waals surface area contributed by atoms with Gasteiger partial charge < -0.3 is 14.6 Å². The Balaban J connectivity index is 1.56. The molecule has 0 unspecified atom stereocenters. The third kappa shape index (κ3) is 3.28. The molecule has 1 N–H and O–H groups in total. The number of nitrogens with zero attached hydrogens (tertiary/aromatic N) is 4. The second-order valence-corrected chi connectivity index (χ2v) is 5.66. The van der Waals surface area contributed by atoms with Crippen molar-refractivity contribution in [1.82, 2.24) is 19.5 Å². The van der Waals surface area contributed by atoms with E-state index in [9.17, 15) is 0 Å². The van der Waals surface area contributed by atoms with Gasteiger partial charge in [-0.1, -0.05) is 12.1 Å². The molecule has 4 aromatic rings. The van der Waals surface area contributed by atoms with E-state index in [0.29, 0.717) is 0 Å². The normalized spacial score (nSPS) is 10.8. The molecule has 0 aliphatic carbocycles. The Bertz CT molecular complexity index is 981. The number of benzene rings is 2. The summed E-state index contributed by atoms with van der Waals surface area (Å²) < 4.78 is 7.28. The van der Waals surface area contributed by atoms with Gasteiger partial charge in [0, 0.05) is 36.1 Å². The van der Waals surface area contributed by atoms with Crippen molar-refractivity contribution in [1.29, 1.82) is 0 Å². The smallest absolute Gasteiger partial charge is 0.141 e. The maximum atomic E-state index is 5.25. The molecule has 0 amide bonds. The Morgan fingerprint density at radius 1 is 1.08 bits per heavy atom. The van der Waals surface area contributed by atoms with Gasteiger partial charge in [0.25, 0.3) is 0 Å². The summed E-state index contributed by atoms with van der Waals surface area (Å²) >= 11 is 0. The maximum Gasteiger partial charge on any atom is 0.141 e. The Morgan fingerprint density at radius 2 is 1.96 bits per heavy atom. The van der Waals surface area contributed by atoms with Crippen molar-refractivity contribution in [3.8, 4) is 5.75 Å². The fourth-order valence-electron chi connectivity index (χ4n) is 2.68. The van der Waals surface area contributed by atoms with E-state index in [1.807, 2.05) is 47.4 Å². The lowest BCUT2D eigenvalue weighted by molar-refractivity contribution is 0.415. The summed E-state index contributed by atoms with van der Waals surface area (Å²) in [6.45, 7) is 0.802. The fraction of sp³-hybridized carbons (Fsp3) is 0.105. The summed E-state index contributed by atoms with van der Waals surface area (Å²) in [6, 6.07) is 14.0. The number of rotatable bonds is 5. The van der Waals surface area contributed by atoms with E-state index < -0.39 is 0 Å². The predicted octanol–water partition coefficient (Wildman–Crippen LogP) is 3.63. The lowest BCUT2D eigenvalue weighted by atomic mass is 10.2. The molecule has 0 saturated heterocycles. The van der Waals surface area contributed by atoms with E-state index in [4.69, 9.17) is 4.74 Å². The van der Waals surface area contributed by atoms with Gasteiger partial charge in [-0.15, -0.1) is 0 Å². The first-order valence-corrected chi connectivity index (χ1v) is 7.92. The first kappa shape index (κ1) is 15.1. The number of anilines is 2. The summed E-state index contributed by atoms with van der Waals surface area (Å²) in [5.41, 5.74) is 3.03. The minimum Gasteiger partial charge on any atom is -0.497 e. The van der Waals surface area contributed by atoms with Crippen LogP contribution in [-0.4, -0.2) is 26.6 Å². The number of methoxy groups -OCH3 is 1. The first-order valence-electron chi connectivity index (χ1n) is 7.92. The minimum absolute atomic E-state index is 0.773. The van der Waals surface area contributed by atoms with Crippen LogP contribution in [-0.2, 0) is 6.54 Å². The second kappa shape index (κ2) is 6.60. The highest BCUT2D eigenvalue weighted by Gasteiger charge is 2.05. The third-order valence-electron chi connectivity index (χ3n) is 3.98. The highest BCUT2D eigenvalue weighted by molar-refractivity contribution is 5.91. The quantitative estimate of drug-likeness (QED) is 0.605. The van der Waals surface area contributed by atoms with Gasteiger partial charge in [-0.2, -0.15) is 0 Å². The van der Waals surface area contributed by atoms with E-state index in [2.05, 4.69) is 32.4 Å². The fourth-order valence-corrected chi connectivity index (χ4v) is 2.68. The largest absolute Gasteiger partial charge is 0.497 e. The lowest BCUT2D eigenvalue weighted by Gasteiger charge is -2.10. The number of fused-ring (bicyclic) bond motifs is 1. The van der Waals surface area contributed by atoms with Crippen LogP contribution < -0.4 is 10.1 Å². The maximum absolute atomic E-state index is 5.25. The third-order valence-corrected chi connectivity index (χ3v) is 3.98. The van der Waals surface area contributed by atoms with Crippen LogP contribution in [0, 0.1) is 0 Å². The standard InChI is InChI=1S/C19H17N5O/c1-25-16-6-7-17-18(10-16)21-12-22-19(17)23-15-4-2-14(3-5-15)11-24-9-8-20-13-24/h2-10,12-13H,11H2,1H3,(H,21,22,23). The van der Waals surface area contributed by atoms with Crippen molar-refractivity contribution in [2.24, 2.45) is 0 Å². The summed E-state index contributed by atoms with van der Waals surface area (Å²) in [4.78, 5) is 12.7. The van der Waals surface area contributed by atoms with Crippen molar-refractivity contribution in [2.45, 2.75) is 6.54 Å². The Morgan fingerprint density at radius 3 is 2.72 bits per heavy atom. The van der Waals surface area contributed by atoms with Gasteiger partial charge >= 0.3 is 0 Å². The first-order chi connectivity index (χ1) is 12.3. The predicted molar refractivity (Wildman–Crippen MR) is 97.1 cm³/mol. The van der Waals surface area contributed by atoms with Crippen molar-refractivity contribution in [3.05, 3.63) is 73.1 Å². The van der Waals surface area contributed by atoms with Crippen molar-refractivity contribution < 1.29 is 4.74 Å². The highest BCUT2D eigenvalue weighted by atomic mass is 16.5. The number of imidazole rings is 1. The molecule has 2 aromatic heterocycles. The zero-order valence-electron chi connectivity index (χ0n) is 13.8. The second-order valence-electron chi connectivity index (χ2n) is 5.66. The van der Waals surface area contributed by atoms with E-state index in [0.717, 1.165) is 34.7 Å². The topological polar surface area (TPSA) is 64.9 Å². The van der Waals surface area contributed by atoms with Gasteiger partial charge in [-0.05, 0) is 29.8 Å². The summed E-state index contributed by atoms with van der Waals surface area (Å²) in [5, 5.41) is 4.31. The van der Waals surface area contributed by atoms with Crippen LogP contribution in [0.15, 0.2) is 67.5 Å². The van der Waals surface area contributed by atoms with Crippen LogP contribution in [0.25, 0.3) is 10.9 Å².